The van der Waals surface area contributed by atoms with Gasteiger partial charge in [-0.2, -0.15) is 5.10 Å². The molecule has 2 amide bonds. The van der Waals surface area contributed by atoms with Crippen molar-refractivity contribution in [3.8, 4) is 5.69 Å². The molecule has 0 spiro atoms. The van der Waals surface area contributed by atoms with Gasteiger partial charge in [-0.3, -0.25) is 9.59 Å². The molecule has 1 aromatic heterocycles. The van der Waals surface area contributed by atoms with Crippen LogP contribution in [0, 0.1) is 6.92 Å². The molecule has 0 atom stereocenters. The first-order chi connectivity index (χ1) is 11.1. The summed E-state index contributed by atoms with van der Waals surface area (Å²) < 4.78 is 1.73. The fourth-order valence-corrected chi connectivity index (χ4v) is 2.74. The summed E-state index contributed by atoms with van der Waals surface area (Å²) in [6, 6.07) is 9.08. The molecule has 1 fully saturated rings. The highest BCUT2D eigenvalue weighted by atomic mass is 35.5. The highest BCUT2D eigenvalue weighted by Crippen LogP contribution is 2.17. The number of hydrogen-bond acceptors (Lipinski definition) is 3. The van der Waals surface area contributed by atoms with Gasteiger partial charge in [0, 0.05) is 36.9 Å². The molecular weight excluding hydrogens is 316 g/mol. The zero-order valence-electron chi connectivity index (χ0n) is 12.8. The molecule has 7 heteroatoms. The first-order valence-electron chi connectivity index (χ1n) is 7.40. The monoisotopic (exact) mass is 332 g/mol. The van der Waals surface area contributed by atoms with Gasteiger partial charge in [0.25, 0.3) is 5.91 Å². The summed E-state index contributed by atoms with van der Waals surface area (Å²) in [4.78, 5) is 26.7. The van der Waals surface area contributed by atoms with Crippen LogP contribution < -0.4 is 0 Å². The third kappa shape index (κ3) is 3.22. The van der Waals surface area contributed by atoms with Gasteiger partial charge in [-0.1, -0.05) is 11.6 Å². The number of aryl methyl sites for hydroxylation is 1. The molecule has 0 unspecified atom stereocenters. The second kappa shape index (κ2) is 6.42. The molecule has 23 heavy (non-hydrogen) atoms. The van der Waals surface area contributed by atoms with Crippen molar-refractivity contribution in [1.82, 2.24) is 19.6 Å². The van der Waals surface area contributed by atoms with E-state index in [0.29, 0.717) is 36.9 Å². The van der Waals surface area contributed by atoms with Crippen LogP contribution >= 0.6 is 11.6 Å². The lowest BCUT2D eigenvalue weighted by molar-refractivity contribution is -0.119. The van der Waals surface area contributed by atoms with Gasteiger partial charge in [0.15, 0.2) is 5.69 Å². The number of carbonyl (C=O) groups excluding carboxylic acids is 2. The molecule has 0 aliphatic carbocycles. The van der Waals surface area contributed by atoms with Crippen LogP contribution in [-0.2, 0) is 4.79 Å². The molecule has 2 aromatic rings. The maximum Gasteiger partial charge on any atom is 0.274 e. The third-order valence-corrected chi connectivity index (χ3v) is 4.18. The van der Waals surface area contributed by atoms with E-state index < -0.39 is 0 Å². The minimum atomic E-state index is -0.105. The first kappa shape index (κ1) is 15.6. The Morgan fingerprint density at radius 3 is 2.43 bits per heavy atom. The maximum atomic E-state index is 12.6. The van der Waals surface area contributed by atoms with Crippen molar-refractivity contribution in [3.05, 3.63) is 46.7 Å². The fourth-order valence-electron chi connectivity index (χ4n) is 2.62. The van der Waals surface area contributed by atoms with Crippen molar-refractivity contribution >= 4 is 23.9 Å². The number of aromatic nitrogens is 2. The maximum absolute atomic E-state index is 12.6. The van der Waals surface area contributed by atoms with Gasteiger partial charge in [-0.25, -0.2) is 4.68 Å². The van der Waals surface area contributed by atoms with Crippen molar-refractivity contribution in [2.45, 2.75) is 6.92 Å². The number of carbonyl (C=O) groups is 2. The van der Waals surface area contributed by atoms with E-state index in [0.717, 1.165) is 17.8 Å². The predicted molar refractivity (Wildman–Crippen MR) is 86.9 cm³/mol. The van der Waals surface area contributed by atoms with Crippen LogP contribution in [0.5, 0.6) is 0 Å². The second-order valence-electron chi connectivity index (χ2n) is 5.49. The summed E-state index contributed by atoms with van der Waals surface area (Å²) in [5, 5.41) is 5.08. The highest BCUT2D eigenvalue weighted by molar-refractivity contribution is 6.30. The summed E-state index contributed by atoms with van der Waals surface area (Å²) in [5.41, 5.74) is 2.15. The van der Waals surface area contributed by atoms with E-state index in [2.05, 4.69) is 5.10 Å². The van der Waals surface area contributed by atoms with Crippen LogP contribution in [0.4, 0.5) is 0 Å². The van der Waals surface area contributed by atoms with Crippen LogP contribution in [0.1, 0.15) is 16.2 Å². The first-order valence-corrected chi connectivity index (χ1v) is 7.77. The lowest BCUT2D eigenvalue weighted by Gasteiger charge is -2.32. The Bertz CT molecular complexity index is 718. The molecular formula is C16H17ClN4O2. The normalized spacial score (nSPS) is 14.9. The van der Waals surface area contributed by atoms with Gasteiger partial charge in [0.2, 0.25) is 6.41 Å². The van der Waals surface area contributed by atoms with E-state index in [1.807, 2.05) is 19.1 Å². The molecule has 1 aliphatic rings. The van der Waals surface area contributed by atoms with Crippen molar-refractivity contribution in [2.24, 2.45) is 0 Å². The summed E-state index contributed by atoms with van der Waals surface area (Å²) >= 11 is 5.90. The van der Waals surface area contributed by atoms with Crippen molar-refractivity contribution in [1.29, 1.82) is 0 Å². The lowest BCUT2D eigenvalue weighted by Crippen LogP contribution is -2.48. The van der Waals surface area contributed by atoms with Crippen LogP contribution in [-0.4, -0.2) is 58.1 Å². The number of halogens is 1. The summed E-state index contributed by atoms with van der Waals surface area (Å²) in [6.45, 7) is 4.09. The molecule has 0 bridgehead atoms. The average molecular weight is 333 g/mol. The Balaban J connectivity index is 1.79. The SMILES string of the molecule is Cc1cc(C(=O)N2CCN(C=O)CC2)nn1-c1ccc(Cl)cc1. The number of nitrogens with zero attached hydrogens (tertiary/aromatic N) is 4. The quantitative estimate of drug-likeness (QED) is 0.805. The zero-order valence-corrected chi connectivity index (χ0v) is 13.5. The zero-order chi connectivity index (χ0) is 16.4. The van der Waals surface area contributed by atoms with E-state index in [-0.39, 0.29) is 5.91 Å². The van der Waals surface area contributed by atoms with Gasteiger partial charge >= 0.3 is 0 Å². The van der Waals surface area contributed by atoms with E-state index >= 15 is 0 Å². The van der Waals surface area contributed by atoms with Crippen LogP contribution in [0.2, 0.25) is 5.02 Å². The number of hydrogen-bond donors (Lipinski definition) is 0. The number of amides is 2. The van der Waals surface area contributed by atoms with Crippen molar-refractivity contribution in [3.63, 3.8) is 0 Å². The van der Waals surface area contributed by atoms with Gasteiger partial charge in [-0.15, -0.1) is 0 Å². The van der Waals surface area contributed by atoms with Crippen LogP contribution in [0.15, 0.2) is 30.3 Å². The Morgan fingerprint density at radius 2 is 1.83 bits per heavy atom. The van der Waals surface area contributed by atoms with E-state index in [9.17, 15) is 9.59 Å². The molecule has 0 radical (unpaired) electrons. The number of benzene rings is 1. The fraction of sp³-hybridized carbons (Fsp3) is 0.312. The van der Waals surface area contributed by atoms with Gasteiger partial charge in [0.05, 0.1) is 5.69 Å². The molecule has 0 saturated carbocycles. The van der Waals surface area contributed by atoms with Crippen LogP contribution in [0.25, 0.3) is 5.69 Å². The van der Waals surface area contributed by atoms with Gasteiger partial charge < -0.3 is 9.80 Å². The summed E-state index contributed by atoms with van der Waals surface area (Å²) in [6.07, 6.45) is 0.821. The van der Waals surface area contributed by atoms with Crippen molar-refractivity contribution < 1.29 is 9.59 Å². The van der Waals surface area contributed by atoms with Crippen LogP contribution in [0.3, 0.4) is 0 Å². The molecule has 0 N–H and O–H groups in total. The standard InChI is InChI=1S/C16H17ClN4O2/c1-12-10-15(16(23)20-8-6-19(11-22)7-9-20)18-21(12)14-4-2-13(17)3-5-14/h2-5,10-11H,6-9H2,1H3. The molecule has 1 aromatic carbocycles. The molecule has 3 rings (SSSR count). The number of piperazine rings is 1. The largest absolute Gasteiger partial charge is 0.342 e. The van der Waals surface area contributed by atoms with Gasteiger partial charge in [0.1, 0.15) is 0 Å². The lowest BCUT2D eigenvalue weighted by atomic mass is 10.2. The predicted octanol–water partition coefficient (Wildman–Crippen LogP) is 1.75. The Kier molecular flexibility index (Phi) is 4.34. The minimum Gasteiger partial charge on any atom is -0.342 e. The smallest absolute Gasteiger partial charge is 0.274 e. The Hall–Kier alpha value is -2.34. The summed E-state index contributed by atoms with van der Waals surface area (Å²) in [5.74, 6) is -0.105. The third-order valence-electron chi connectivity index (χ3n) is 3.93. The molecule has 1 saturated heterocycles. The Morgan fingerprint density at radius 1 is 1.17 bits per heavy atom. The Labute approximate surface area is 139 Å². The molecule has 2 heterocycles. The second-order valence-corrected chi connectivity index (χ2v) is 5.93. The van der Waals surface area contributed by atoms with E-state index in [1.54, 1.807) is 32.7 Å². The topological polar surface area (TPSA) is 58.4 Å². The van der Waals surface area contributed by atoms with Gasteiger partial charge in [-0.05, 0) is 37.3 Å². The average Bonchev–Trinajstić information content (AvgIpc) is 2.97. The molecule has 6 nitrogen and oxygen atoms in total. The van der Waals surface area contributed by atoms with E-state index in [4.69, 9.17) is 11.6 Å². The highest BCUT2D eigenvalue weighted by Gasteiger charge is 2.23. The number of rotatable bonds is 3. The van der Waals surface area contributed by atoms with Crippen molar-refractivity contribution in [2.75, 3.05) is 26.2 Å². The molecule has 120 valence electrons. The van der Waals surface area contributed by atoms with E-state index in [1.165, 1.54) is 0 Å². The molecule has 1 aliphatic heterocycles. The summed E-state index contributed by atoms with van der Waals surface area (Å²) in [7, 11) is 0. The minimum absolute atomic E-state index is 0.105.